The van der Waals surface area contributed by atoms with Gasteiger partial charge in [0.1, 0.15) is 6.20 Å². The Labute approximate surface area is 118 Å². The van der Waals surface area contributed by atoms with Crippen LogP contribution >= 0.6 is 0 Å². The standard InChI is InChI=1S/C12H22N6O2/c1-3-5-6-9(4-2)7-14-11-10(18(19)20)8-15-12(16-11)17-13/h8-9H,3-7,13H2,1-2H3,(H2,14,15,16,17). The van der Waals surface area contributed by atoms with E-state index in [9.17, 15) is 10.1 Å². The summed E-state index contributed by atoms with van der Waals surface area (Å²) in [5.41, 5.74) is 2.14. The van der Waals surface area contributed by atoms with E-state index in [1.165, 1.54) is 0 Å². The topological polar surface area (TPSA) is 119 Å². The smallest absolute Gasteiger partial charge is 0.329 e. The van der Waals surface area contributed by atoms with Crippen molar-refractivity contribution in [2.45, 2.75) is 39.5 Å². The van der Waals surface area contributed by atoms with Gasteiger partial charge in [0.25, 0.3) is 0 Å². The van der Waals surface area contributed by atoms with E-state index in [1.807, 2.05) is 0 Å². The summed E-state index contributed by atoms with van der Waals surface area (Å²) in [6.45, 7) is 4.91. The van der Waals surface area contributed by atoms with E-state index in [2.05, 4.69) is 34.6 Å². The Balaban J connectivity index is 2.76. The molecule has 0 fully saturated rings. The molecular weight excluding hydrogens is 260 g/mol. The molecule has 1 aromatic heterocycles. The van der Waals surface area contributed by atoms with E-state index < -0.39 is 4.92 Å². The minimum Gasteiger partial charge on any atom is -0.364 e. The lowest BCUT2D eigenvalue weighted by atomic mass is 9.99. The summed E-state index contributed by atoms with van der Waals surface area (Å²) in [5.74, 6) is 6.05. The van der Waals surface area contributed by atoms with Crippen molar-refractivity contribution >= 4 is 17.5 Å². The number of nitrogen functional groups attached to an aromatic ring is 1. The van der Waals surface area contributed by atoms with Crippen LogP contribution in [0.3, 0.4) is 0 Å². The van der Waals surface area contributed by atoms with Crippen LogP contribution in [0.5, 0.6) is 0 Å². The van der Waals surface area contributed by atoms with Crippen LogP contribution in [0.1, 0.15) is 39.5 Å². The second-order valence-corrected chi connectivity index (χ2v) is 4.63. The molecule has 0 bridgehead atoms. The largest absolute Gasteiger partial charge is 0.364 e. The van der Waals surface area contributed by atoms with Crippen molar-refractivity contribution in [1.29, 1.82) is 0 Å². The zero-order valence-corrected chi connectivity index (χ0v) is 11.9. The minimum absolute atomic E-state index is 0.144. The first-order valence-electron chi connectivity index (χ1n) is 6.84. The second-order valence-electron chi connectivity index (χ2n) is 4.63. The van der Waals surface area contributed by atoms with E-state index in [1.54, 1.807) is 0 Å². The quantitative estimate of drug-likeness (QED) is 0.361. The molecule has 8 nitrogen and oxygen atoms in total. The Kier molecular flexibility index (Phi) is 6.65. The monoisotopic (exact) mass is 282 g/mol. The molecule has 1 atom stereocenters. The highest BCUT2D eigenvalue weighted by atomic mass is 16.6. The molecule has 1 rings (SSSR count). The number of nitrogens with one attached hydrogen (secondary N) is 2. The molecule has 0 amide bonds. The molecule has 20 heavy (non-hydrogen) atoms. The number of nitrogens with zero attached hydrogens (tertiary/aromatic N) is 3. The molecular formula is C12H22N6O2. The molecule has 1 aromatic rings. The van der Waals surface area contributed by atoms with E-state index in [4.69, 9.17) is 5.84 Å². The summed E-state index contributed by atoms with van der Waals surface area (Å²) in [6.07, 6.45) is 5.57. The number of nitro groups is 1. The van der Waals surface area contributed by atoms with E-state index in [0.29, 0.717) is 12.5 Å². The van der Waals surface area contributed by atoms with Gasteiger partial charge in [-0.3, -0.25) is 15.5 Å². The Bertz CT molecular complexity index is 440. The fourth-order valence-electron chi connectivity index (χ4n) is 1.89. The van der Waals surface area contributed by atoms with Gasteiger partial charge in [-0.2, -0.15) is 4.98 Å². The summed E-state index contributed by atoms with van der Waals surface area (Å²) < 4.78 is 0. The van der Waals surface area contributed by atoms with E-state index in [0.717, 1.165) is 31.9 Å². The maximum absolute atomic E-state index is 10.9. The Morgan fingerprint density at radius 2 is 2.25 bits per heavy atom. The third-order valence-corrected chi connectivity index (χ3v) is 3.20. The molecule has 0 aliphatic rings. The first kappa shape index (κ1) is 16.1. The van der Waals surface area contributed by atoms with Crippen molar-refractivity contribution in [1.82, 2.24) is 9.97 Å². The summed E-state index contributed by atoms with van der Waals surface area (Å²) in [4.78, 5) is 18.2. The van der Waals surface area contributed by atoms with Gasteiger partial charge in [-0.25, -0.2) is 10.8 Å². The number of hydrogen-bond acceptors (Lipinski definition) is 7. The zero-order chi connectivity index (χ0) is 15.0. The molecule has 1 unspecified atom stereocenters. The average molecular weight is 282 g/mol. The fraction of sp³-hybridized carbons (Fsp3) is 0.667. The van der Waals surface area contributed by atoms with E-state index >= 15 is 0 Å². The highest BCUT2D eigenvalue weighted by Crippen LogP contribution is 2.23. The maximum Gasteiger partial charge on any atom is 0.329 e. The summed E-state index contributed by atoms with van der Waals surface area (Å²) in [6, 6.07) is 0. The van der Waals surface area contributed by atoms with Gasteiger partial charge in [0.05, 0.1) is 4.92 Å². The molecule has 0 saturated carbocycles. The van der Waals surface area contributed by atoms with Gasteiger partial charge in [0.15, 0.2) is 0 Å². The number of hydrazine groups is 1. The highest BCUT2D eigenvalue weighted by Gasteiger charge is 2.18. The lowest BCUT2D eigenvalue weighted by Gasteiger charge is -2.15. The third-order valence-electron chi connectivity index (χ3n) is 3.20. The lowest BCUT2D eigenvalue weighted by Crippen LogP contribution is -2.17. The molecule has 8 heteroatoms. The minimum atomic E-state index is -0.504. The van der Waals surface area contributed by atoms with Crippen molar-refractivity contribution in [3.63, 3.8) is 0 Å². The summed E-state index contributed by atoms with van der Waals surface area (Å²) in [7, 11) is 0. The molecule has 0 saturated heterocycles. The van der Waals surface area contributed by atoms with Crippen molar-refractivity contribution in [3.8, 4) is 0 Å². The molecule has 0 spiro atoms. The van der Waals surface area contributed by atoms with Crippen LogP contribution in [0.4, 0.5) is 17.5 Å². The first-order chi connectivity index (χ1) is 9.62. The van der Waals surface area contributed by atoms with Gasteiger partial charge in [-0.1, -0.05) is 33.1 Å². The maximum atomic E-state index is 10.9. The van der Waals surface area contributed by atoms with Crippen molar-refractivity contribution < 1.29 is 4.92 Å². The number of rotatable bonds is 9. The predicted molar refractivity (Wildman–Crippen MR) is 78.3 cm³/mol. The van der Waals surface area contributed by atoms with Gasteiger partial charge in [-0.05, 0) is 12.3 Å². The molecule has 4 N–H and O–H groups in total. The van der Waals surface area contributed by atoms with Crippen molar-refractivity contribution in [3.05, 3.63) is 16.3 Å². The molecule has 0 aliphatic heterocycles. The average Bonchev–Trinajstić information content (AvgIpc) is 2.47. The third kappa shape index (κ3) is 4.61. The highest BCUT2D eigenvalue weighted by molar-refractivity contribution is 5.56. The van der Waals surface area contributed by atoms with Crippen LogP contribution < -0.4 is 16.6 Å². The van der Waals surface area contributed by atoms with Crippen LogP contribution in [0.25, 0.3) is 0 Å². The number of anilines is 2. The van der Waals surface area contributed by atoms with Crippen molar-refractivity contribution in [2.24, 2.45) is 11.8 Å². The van der Waals surface area contributed by atoms with Crippen LogP contribution in [-0.2, 0) is 0 Å². The first-order valence-corrected chi connectivity index (χ1v) is 6.84. The molecule has 112 valence electrons. The van der Waals surface area contributed by atoms with Crippen LogP contribution in [-0.4, -0.2) is 21.4 Å². The van der Waals surface area contributed by atoms with Gasteiger partial charge >= 0.3 is 5.69 Å². The summed E-state index contributed by atoms with van der Waals surface area (Å²) >= 11 is 0. The Hall–Kier alpha value is -1.96. The van der Waals surface area contributed by atoms with Gasteiger partial charge in [0.2, 0.25) is 11.8 Å². The lowest BCUT2D eigenvalue weighted by molar-refractivity contribution is -0.384. The molecule has 0 aliphatic carbocycles. The molecule has 0 aromatic carbocycles. The molecule has 1 heterocycles. The number of nitrogens with two attached hydrogens (primary N) is 1. The number of unbranched alkanes of at least 4 members (excludes halogenated alkanes) is 1. The SMILES string of the molecule is CCCCC(CC)CNc1nc(NN)ncc1[N+](=O)[O-]. The van der Waals surface area contributed by atoms with Crippen LogP contribution in [0.2, 0.25) is 0 Å². The summed E-state index contributed by atoms with van der Waals surface area (Å²) in [5, 5.41) is 14.0. The molecule has 0 radical (unpaired) electrons. The van der Waals surface area contributed by atoms with Crippen LogP contribution in [0, 0.1) is 16.0 Å². The zero-order valence-electron chi connectivity index (χ0n) is 11.9. The number of hydrogen-bond donors (Lipinski definition) is 3. The fourth-order valence-corrected chi connectivity index (χ4v) is 1.89. The van der Waals surface area contributed by atoms with Gasteiger partial charge in [-0.15, -0.1) is 0 Å². The van der Waals surface area contributed by atoms with Crippen molar-refractivity contribution in [2.75, 3.05) is 17.3 Å². The predicted octanol–water partition coefficient (Wildman–Crippen LogP) is 2.30. The normalized spacial score (nSPS) is 11.9. The Morgan fingerprint density at radius 3 is 2.80 bits per heavy atom. The van der Waals surface area contributed by atoms with Crippen LogP contribution in [0.15, 0.2) is 6.20 Å². The number of aromatic nitrogens is 2. The van der Waals surface area contributed by atoms with Gasteiger partial charge < -0.3 is 5.32 Å². The Morgan fingerprint density at radius 1 is 1.50 bits per heavy atom. The second kappa shape index (κ2) is 8.26. The van der Waals surface area contributed by atoms with E-state index in [-0.39, 0.29) is 17.5 Å². The van der Waals surface area contributed by atoms with Gasteiger partial charge in [0, 0.05) is 6.54 Å².